The van der Waals surface area contributed by atoms with Crippen LogP contribution >= 0.6 is 0 Å². The topological polar surface area (TPSA) is 81.4 Å². The summed E-state index contributed by atoms with van der Waals surface area (Å²) in [4.78, 5) is 25.9. The molecule has 5 heteroatoms. The molecule has 102 valence electrons. The normalized spacial score (nSPS) is 13.2. The first kappa shape index (κ1) is 12.9. The van der Waals surface area contributed by atoms with E-state index in [2.05, 4.69) is 0 Å². The molecule has 0 unspecified atom stereocenters. The third-order valence-corrected chi connectivity index (χ3v) is 3.54. The molecule has 1 aliphatic heterocycles. The minimum atomic E-state index is -0.485. The van der Waals surface area contributed by atoms with Crippen molar-refractivity contribution in [2.24, 2.45) is 0 Å². The number of fused-ring (bicyclic) bond motifs is 1. The van der Waals surface area contributed by atoms with Gasteiger partial charge < -0.3 is 5.11 Å². The molecule has 1 heterocycles. The van der Waals surface area contributed by atoms with Crippen LogP contribution in [-0.2, 0) is 0 Å². The molecule has 21 heavy (non-hydrogen) atoms. The molecule has 0 bridgehead atoms. The van der Waals surface area contributed by atoms with E-state index in [1.165, 1.54) is 12.1 Å². The Morgan fingerprint density at radius 3 is 2.14 bits per heavy atom. The van der Waals surface area contributed by atoms with Crippen molar-refractivity contribution in [3.63, 3.8) is 0 Å². The maximum Gasteiger partial charge on any atom is 0.266 e. The highest BCUT2D eigenvalue weighted by atomic mass is 16.3. The molecule has 2 amide bonds. The third-order valence-electron chi connectivity index (χ3n) is 3.54. The van der Waals surface area contributed by atoms with Crippen LogP contribution in [0.3, 0.4) is 0 Å². The van der Waals surface area contributed by atoms with Gasteiger partial charge in [0.05, 0.1) is 22.4 Å². The number of amides is 2. The number of phenols is 1. The summed E-state index contributed by atoms with van der Waals surface area (Å²) >= 11 is 0. The molecule has 0 aliphatic carbocycles. The lowest BCUT2D eigenvalue weighted by Crippen LogP contribution is -2.30. The molecule has 1 aliphatic rings. The Kier molecular flexibility index (Phi) is 2.73. The van der Waals surface area contributed by atoms with Crippen molar-refractivity contribution in [2.75, 3.05) is 4.90 Å². The van der Waals surface area contributed by atoms with Crippen molar-refractivity contribution in [3.8, 4) is 11.8 Å². The molecule has 0 aromatic heterocycles. The Morgan fingerprint density at radius 2 is 1.62 bits per heavy atom. The summed E-state index contributed by atoms with van der Waals surface area (Å²) in [5.41, 5.74) is 1.23. The Labute approximate surface area is 120 Å². The highest BCUT2D eigenvalue weighted by molar-refractivity contribution is 6.35. The number of carbonyl (C=O) groups excluding carboxylic acids is 2. The maximum absolute atomic E-state index is 12.5. The Morgan fingerprint density at radius 1 is 1.05 bits per heavy atom. The minimum absolute atomic E-state index is 0.0689. The largest absolute Gasteiger partial charge is 0.508 e. The van der Waals surface area contributed by atoms with E-state index < -0.39 is 11.8 Å². The SMILES string of the molecule is Cc1c(O)ccc(C#N)c1N1C(=O)c2ccccc2C1=O. The fraction of sp³-hybridized carbons (Fsp3) is 0.0625. The predicted octanol–water partition coefficient (Wildman–Crippen LogP) is 2.37. The van der Waals surface area contributed by atoms with Crippen LogP contribution in [0.15, 0.2) is 36.4 Å². The first-order valence-electron chi connectivity index (χ1n) is 6.26. The molecule has 5 nitrogen and oxygen atoms in total. The van der Waals surface area contributed by atoms with E-state index in [4.69, 9.17) is 0 Å². The zero-order valence-corrected chi connectivity index (χ0v) is 11.1. The van der Waals surface area contributed by atoms with Gasteiger partial charge in [0.2, 0.25) is 0 Å². The summed E-state index contributed by atoms with van der Waals surface area (Å²) in [5.74, 6) is -1.04. The molecule has 0 saturated heterocycles. The van der Waals surface area contributed by atoms with Gasteiger partial charge in [0, 0.05) is 5.56 Å². The summed E-state index contributed by atoms with van der Waals surface area (Å²) in [6, 6.07) is 11.2. The summed E-state index contributed by atoms with van der Waals surface area (Å²) in [7, 11) is 0. The Balaban J connectivity index is 2.25. The molecule has 0 radical (unpaired) electrons. The average Bonchev–Trinajstić information content (AvgIpc) is 2.75. The van der Waals surface area contributed by atoms with Gasteiger partial charge in [-0.05, 0) is 31.2 Å². The van der Waals surface area contributed by atoms with E-state index in [9.17, 15) is 20.0 Å². The number of imide groups is 1. The van der Waals surface area contributed by atoms with Crippen molar-refractivity contribution in [1.82, 2.24) is 0 Å². The van der Waals surface area contributed by atoms with Crippen molar-refractivity contribution in [1.29, 1.82) is 5.26 Å². The molecule has 0 atom stereocenters. The van der Waals surface area contributed by atoms with Gasteiger partial charge in [0.25, 0.3) is 11.8 Å². The standard InChI is InChI=1S/C16H10N2O3/c1-9-13(19)7-6-10(8-17)14(9)18-15(20)11-4-2-3-5-12(11)16(18)21/h2-7,19H,1H3. The molecular weight excluding hydrogens is 268 g/mol. The highest BCUT2D eigenvalue weighted by Crippen LogP contribution is 2.36. The lowest BCUT2D eigenvalue weighted by Gasteiger charge is -2.18. The molecule has 2 aromatic rings. The smallest absolute Gasteiger partial charge is 0.266 e. The van der Waals surface area contributed by atoms with E-state index in [1.807, 2.05) is 6.07 Å². The van der Waals surface area contributed by atoms with Gasteiger partial charge in [0.1, 0.15) is 11.8 Å². The van der Waals surface area contributed by atoms with Crippen LogP contribution in [0.4, 0.5) is 5.69 Å². The zero-order chi connectivity index (χ0) is 15.1. The van der Waals surface area contributed by atoms with Crippen LogP contribution in [0.25, 0.3) is 0 Å². The number of carbonyl (C=O) groups is 2. The second-order valence-corrected chi connectivity index (χ2v) is 4.71. The summed E-state index contributed by atoms with van der Waals surface area (Å²) < 4.78 is 0. The van der Waals surface area contributed by atoms with Gasteiger partial charge in [-0.15, -0.1) is 0 Å². The predicted molar refractivity (Wildman–Crippen MR) is 75.1 cm³/mol. The first-order valence-corrected chi connectivity index (χ1v) is 6.26. The number of aromatic hydroxyl groups is 1. The van der Waals surface area contributed by atoms with Crippen molar-refractivity contribution < 1.29 is 14.7 Å². The minimum Gasteiger partial charge on any atom is -0.508 e. The Hall–Kier alpha value is -3.13. The van der Waals surface area contributed by atoms with E-state index in [-0.39, 0.29) is 17.0 Å². The lowest BCUT2D eigenvalue weighted by molar-refractivity contribution is 0.0926. The number of nitriles is 1. The van der Waals surface area contributed by atoms with Crippen molar-refractivity contribution in [3.05, 3.63) is 58.7 Å². The fourth-order valence-corrected chi connectivity index (χ4v) is 2.46. The number of phenolic OH excluding ortho intramolecular Hbond substituents is 1. The summed E-state index contributed by atoms with van der Waals surface area (Å²) in [5, 5.41) is 19.0. The molecule has 2 aromatic carbocycles. The van der Waals surface area contributed by atoms with Crippen molar-refractivity contribution in [2.45, 2.75) is 6.92 Å². The van der Waals surface area contributed by atoms with Gasteiger partial charge in [-0.3, -0.25) is 9.59 Å². The second kappa shape index (κ2) is 4.46. The number of rotatable bonds is 1. The molecule has 0 fully saturated rings. The van der Waals surface area contributed by atoms with Crippen LogP contribution in [0, 0.1) is 18.3 Å². The monoisotopic (exact) mass is 278 g/mol. The van der Waals surface area contributed by atoms with Gasteiger partial charge in [0.15, 0.2) is 0 Å². The van der Waals surface area contributed by atoms with Crippen LogP contribution in [0.1, 0.15) is 31.8 Å². The van der Waals surface area contributed by atoms with E-state index in [0.717, 1.165) is 4.90 Å². The van der Waals surface area contributed by atoms with Crippen LogP contribution in [0.2, 0.25) is 0 Å². The van der Waals surface area contributed by atoms with Crippen LogP contribution in [-0.4, -0.2) is 16.9 Å². The van der Waals surface area contributed by atoms with Gasteiger partial charge in [-0.25, -0.2) is 4.90 Å². The molecule has 0 saturated carbocycles. The summed E-state index contributed by atoms with van der Waals surface area (Å²) in [6.45, 7) is 1.56. The number of nitrogens with zero attached hydrogens (tertiary/aromatic N) is 2. The molecule has 0 spiro atoms. The van der Waals surface area contributed by atoms with Crippen LogP contribution in [0.5, 0.6) is 5.75 Å². The maximum atomic E-state index is 12.5. The molecule has 1 N–H and O–H groups in total. The van der Waals surface area contributed by atoms with Gasteiger partial charge in [-0.1, -0.05) is 12.1 Å². The number of hydrogen-bond acceptors (Lipinski definition) is 4. The number of hydrogen-bond donors (Lipinski definition) is 1. The average molecular weight is 278 g/mol. The number of benzene rings is 2. The highest BCUT2D eigenvalue weighted by Gasteiger charge is 2.38. The molecule has 3 rings (SSSR count). The quantitative estimate of drug-likeness (QED) is 0.812. The van der Waals surface area contributed by atoms with Crippen molar-refractivity contribution >= 4 is 17.5 Å². The Bertz CT molecular complexity index is 799. The van der Waals surface area contributed by atoms with E-state index in [1.54, 1.807) is 31.2 Å². The third kappa shape index (κ3) is 1.70. The second-order valence-electron chi connectivity index (χ2n) is 4.71. The van der Waals surface area contributed by atoms with Gasteiger partial charge in [-0.2, -0.15) is 5.26 Å². The van der Waals surface area contributed by atoms with Crippen LogP contribution < -0.4 is 4.90 Å². The van der Waals surface area contributed by atoms with Gasteiger partial charge >= 0.3 is 0 Å². The first-order chi connectivity index (χ1) is 10.1. The zero-order valence-electron chi connectivity index (χ0n) is 11.1. The van der Waals surface area contributed by atoms with E-state index >= 15 is 0 Å². The van der Waals surface area contributed by atoms with E-state index in [0.29, 0.717) is 16.7 Å². The fourth-order valence-electron chi connectivity index (χ4n) is 2.46. The molecular formula is C16H10N2O3. The number of anilines is 1. The summed E-state index contributed by atoms with van der Waals surface area (Å²) in [6.07, 6.45) is 0. The lowest BCUT2D eigenvalue weighted by atomic mass is 10.1.